The summed E-state index contributed by atoms with van der Waals surface area (Å²) >= 11 is 0. The van der Waals surface area contributed by atoms with E-state index in [0.717, 1.165) is 0 Å². The van der Waals surface area contributed by atoms with Crippen molar-refractivity contribution in [1.29, 1.82) is 0 Å². The van der Waals surface area contributed by atoms with Gasteiger partial charge in [-0.05, 0) is 20.8 Å². The molecule has 21 heavy (non-hydrogen) atoms. The second-order valence-electron chi connectivity index (χ2n) is 5.37. The van der Waals surface area contributed by atoms with Crippen LogP contribution in [0.2, 0.25) is 0 Å². The van der Waals surface area contributed by atoms with Gasteiger partial charge in [0.05, 0.1) is 6.61 Å². The number of rotatable bonds is 4. The fourth-order valence-electron chi connectivity index (χ4n) is 1.44. The molecule has 118 valence electrons. The van der Waals surface area contributed by atoms with Gasteiger partial charge in [0, 0.05) is 12.8 Å². The Hall–Kier alpha value is -2.16. The third kappa shape index (κ3) is 5.03. The summed E-state index contributed by atoms with van der Waals surface area (Å²) in [5.41, 5.74) is -0.783. The zero-order chi connectivity index (χ0) is 16.2. The Morgan fingerprint density at radius 2 is 1.81 bits per heavy atom. The fraction of sp³-hybridized carbons (Fsp3) is 0.667. The highest BCUT2D eigenvalue weighted by molar-refractivity contribution is 6.01. The van der Waals surface area contributed by atoms with E-state index in [1.807, 2.05) is 0 Å². The lowest BCUT2D eigenvalue weighted by molar-refractivity contribution is -0.199. The molecule has 0 aromatic rings. The van der Waals surface area contributed by atoms with E-state index in [-0.39, 0.29) is 12.8 Å². The van der Waals surface area contributed by atoms with Crippen molar-refractivity contribution in [3.05, 3.63) is 0 Å². The van der Waals surface area contributed by atoms with Crippen LogP contribution < -0.4 is 5.32 Å². The van der Waals surface area contributed by atoms with Crippen molar-refractivity contribution in [2.45, 2.75) is 45.3 Å². The zero-order valence-corrected chi connectivity index (χ0v) is 12.0. The number of amides is 3. The summed E-state index contributed by atoms with van der Waals surface area (Å²) in [6, 6.07) is -1.44. The van der Waals surface area contributed by atoms with Crippen molar-refractivity contribution in [1.82, 2.24) is 10.4 Å². The maximum atomic E-state index is 11.7. The Morgan fingerprint density at radius 1 is 1.29 bits per heavy atom. The molecule has 9 heteroatoms. The summed E-state index contributed by atoms with van der Waals surface area (Å²) in [5, 5.41) is 11.5. The summed E-state index contributed by atoms with van der Waals surface area (Å²) in [5.74, 6) is -2.43. The van der Waals surface area contributed by atoms with Crippen molar-refractivity contribution in [3.8, 4) is 0 Å². The van der Waals surface area contributed by atoms with Gasteiger partial charge in [-0.25, -0.2) is 9.59 Å². The number of aliphatic hydroxyl groups excluding tert-OH is 1. The highest BCUT2D eigenvalue weighted by Gasteiger charge is 2.35. The van der Waals surface area contributed by atoms with Crippen LogP contribution in [0, 0.1) is 0 Å². The summed E-state index contributed by atoms with van der Waals surface area (Å²) in [4.78, 5) is 50.4. The molecule has 0 aliphatic carbocycles. The number of nitrogens with one attached hydrogen (secondary N) is 1. The number of ether oxygens (including phenoxy) is 1. The molecule has 1 fully saturated rings. The first-order valence-corrected chi connectivity index (χ1v) is 6.32. The lowest BCUT2D eigenvalue weighted by Gasteiger charge is -2.22. The van der Waals surface area contributed by atoms with Gasteiger partial charge in [0.15, 0.2) is 6.04 Å². The number of imide groups is 1. The van der Waals surface area contributed by atoms with Crippen LogP contribution in [0.15, 0.2) is 0 Å². The van der Waals surface area contributed by atoms with E-state index in [1.54, 1.807) is 20.8 Å². The lowest BCUT2D eigenvalue weighted by atomic mass is 10.2. The Bertz CT molecular complexity index is 439. The molecular weight excluding hydrogens is 284 g/mol. The van der Waals surface area contributed by atoms with Crippen molar-refractivity contribution >= 4 is 23.9 Å². The zero-order valence-electron chi connectivity index (χ0n) is 12.0. The van der Waals surface area contributed by atoms with Crippen molar-refractivity contribution in [2.75, 3.05) is 6.61 Å². The number of carbonyl (C=O) groups excluding carboxylic acids is 4. The number of aliphatic hydroxyl groups is 1. The van der Waals surface area contributed by atoms with E-state index in [2.05, 4.69) is 10.2 Å². The van der Waals surface area contributed by atoms with E-state index < -0.39 is 42.1 Å². The molecule has 0 saturated carbocycles. The van der Waals surface area contributed by atoms with Crippen LogP contribution in [0.5, 0.6) is 0 Å². The first kappa shape index (κ1) is 16.9. The topological polar surface area (TPSA) is 122 Å². The molecule has 1 aliphatic rings. The molecule has 0 radical (unpaired) electrons. The van der Waals surface area contributed by atoms with Crippen molar-refractivity contribution in [3.63, 3.8) is 0 Å². The van der Waals surface area contributed by atoms with Gasteiger partial charge in [-0.3, -0.25) is 9.59 Å². The third-order valence-corrected chi connectivity index (χ3v) is 2.35. The van der Waals surface area contributed by atoms with E-state index in [1.165, 1.54) is 0 Å². The molecular formula is C12H18N2O7. The Balaban J connectivity index is 2.59. The largest absolute Gasteiger partial charge is 0.444 e. The predicted octanol–water partition coefficient (Wildman–Crippen LogP) is -0.521. The van der Waals surface area contributed by atoms with Crippen molar-refractivity contribution < 1.29 is 33.9 Å². The highest BCUT2D eigenvalue weighted by Crippen LogP contribution is 2.13. The third-order valence-electron chi connectivity index (χ3n) is 2.35. The molecule has 3 amide bonds. The minimum atomic E-state index is -1.44. The van der Waals surface area contributed by atoms with Gasteiger partial charge >= 0.3 is 12.1 Å². The van der Waals surface area contributed by atoms with Crippen LogP contribution in [0.3, 0.4) is 0 Å². The Kier molecular flexibility index (Phi) is 5.25. The molecule has 0 aromatic carbocycles. The van der Waals surface area contributed by atoms with E-state index in [9.17, 15) is 19.2 Å². The standard InChI is InChI=1S/C12H18N2O7/c1-12(2,3)20-11(19)13-7(6-15)10(18)21-14-8(16)4-5-9(14)17/h7,15H,4-6H2,1-3H3,(H,13,19)/t7-/m0/s1. The Morgan fingerprint density at radius 3 is 2.24 bits per heavy atom. The molecule has 2 N–H and O–H groups in total. The molecule has 1 rings (SSSR count). The Labute approximate surface area is 121 Å². The van der Waals surface area contributed by atoms with E-state index in [0.29, 0.717) is 5.06 Å². The quantitative estimate of drug-likeness (QED) is 0.670. The van der Waals surface area contributed by atoms with Crippen LogP contribution in [-0.2, 0) is 24.0 Å². The summed E-state index contributed by atoms with van der Waals surface area (Å²) in [6.45, 7) is 4.11. The van der Waals surface area contributed by atoms with E-state index >= 15 is 0 Å². The molecule has 1 heterocycles. The second-order valence-corrected chi connectivity index (χ2v) is 5.37. The van der Waals surface area contributed by atoms with Crippen LogP contribution in [0.1, 0.15) is 33.6 Å². The molecule has 0 aromatic heterocycles. The minimum absolute atomic E-state index is 0.0462. The number of carbonyl (C=O) groups is 4. The van der Waals surface area contributed by atoms with Crippen molar-refractivity contribution in [2.24, 2.45) is 0 Å². The number of hydroxylamine groups is 2. The molecule has 1 atom stereocenters. The van der Waals surface area contributed by atoms with Crippen LogP contribution in [-0.4, -0.2) is 52.3 Å². The number of nitrogens with zero attached hydrogens (tertiary/aromatic N) is 1. The molecule has 0 spiro atoms. The van der Waals surface area contributed by atoms with Gasteiger partial charge in [0.2, 0.25) is 0 Å². The minimum Gasteiger partial charge on any atom is -0.444 e. The predicted molar refractivity (Wildman–Crippen MR) is 67.4 cm³/mol. The average molecular weight is 302 g/mol. The normalized spacial score (nSPS) is 16.7. The highest BCUT2D eigenvalue weighted by atomic mass is 16.7. The first-order chi connectivity index (χ1) is 9.64. The van der Waals surface area contributed by atoms with Crippen LogP contribution >= 0.6 is 0 Å². The van der Waals surface area contributed by atoms with E-state index in [4.69, 9.17) is 9.84 Å². The van der Waals surface area contributed by atoms with Gasteiger partial charge in [0.1, 0.15) is 5.60 Å². The SMILES string of the molecule is CC(C)(C)OC(=O)N[C@@H](CO)C(=O)ON1C(=O)CCC1=O. The van der Waals surface area contributed by atoms with Gasteiger partial charge in [-0.1, -0.05) is 0 Å². The smallest absolute Gasteiger partial charge is 0.408 e. The maximum absolute atomic E-state index is 11.7. The fourth-order valence-corrected chi connectivity index (χ4v) is 1.44. The second kappa shape index (κ2) is 6.53. The summed E-state index contributed by atoms with van der Waals surface area (Å²) in [6.07, 6.45) is -1.03. The number of hydrogen-bond acceptors (Lipinski definition) is 7. The summed E-state index contributed by atoms with van der Waals surface area (Å²) < 4.78 is 4.92. The molecule has 1 aliphatic heterocycles. The summed E-state index contributed by atoms with van der Waals surface area (Å²) in [7, 11) is 0. The number of hydrogen-bond donors (Lipinski definition) is 2. The van der Waals surface area contributed by atoms with Crippen LogP contribution in [0.4, 0.5) is 4.79 Å². The van der Waals surface area contributed by atoms with Crippen LogP contribution in [0.25, 0.3) is 0 Å². The monoisotopic (exact) mass is 302 g/mol. The number of alkyl carbamates (subject to hydrolysis) is 1. The average Bonchev–Trinajstić information content (AvgIpc) is 2.65. The lowest BCUT2D eigenvalue weighted by Crippen LogP contribution is -2.48. The molecule has 9 nitrogen and oxygen atoms in total. The molecule has 0 unspecified atom stereocenters. The van der Waals surface area contributed by atoms with Gasteiger partial charge in [0.25, 0.3) is 11.8 Å². The first-order valence-electron chi connectivity index (χ1n) is 6.32. The molecule has 0 bridgehead atoms. The van der Waals surface area contributed by atoms with Gasteiger partial charge < -0.3 is 20.0 Å². The van der Waals surface area contributed by atoms with Gasteiger partial charge in [-0.2, -0.15) is 0 Å². The van der Waals surface area contributed by atoms with Gasteiger partial charge in [-0.15, -0.1) is 5.06 Å². The maximum Gasteiger partial charge on any atom is 0.408 e. The molecule has 1 saturated heterocycles.